The minimum atomic E-state index is -0.589. The maximum atomic E-state index is 12.9. The number of halogens is 1. The first-order chi connectivity index (χ1) is 16.1. The van der Waals surface area contributed by atoms with Crippen molar-refractivity contribution in [2.24, 2.45) is 4.99 Å². The van der Waals surface area contributed by atoms with Crippen molar-refractivity contribution in [3.05, 3.63) is 62.5 Å². The van der Waals surface area contributed by atoms with Crippen LogP contribution in [0.4, 0.5) is 0 Å². The van der Waals surface area contributed by atoms with E-state index in [2.05, 4.69) is 28.6 Å². The number of hydrogen-bond acceptors (Lipinski definition) is 7. The van der Waals surface area contributed by atoms with Gasteiger partial charge < -0.3 is 9.47 Å². The van der Waals surface area contributed by atoms with E-state index in [4.69, 9.17) is 26.1 Å². The molecule has 0 aliphatic carbocycles. The Balaban J connectivity index is 1.92. The van der Waals surface area contributed by atoms with Crippen molar-refractivity contribution in [2.75, 3.05) is 13.7 Å². The van der Waals surface area contributed by atoms with Crippen LogP contribution in [0.15, 0.2) is 29.3 Å². The molecule has 0 fully saturated rings. The van der Waals surface area contributed by atoms with E-state index in [-0.39, 0.29) is 12.4 Å². The van der Waals surface area contributed by atoms with E-state index in [0.29, 0.717) is 23.9 Å². The molecule has 4 rings (SSSR count). The molecule has 0 unspecified atom stereocenters. The molecule has 9 heteroatoms. The number of methoxy groups -OCH3 is 1. The number of esters is 1. The molecular weight excluding hydrogens is 472 g/mol. The number of benzene rings is 1. The minimum Gasteiger partial charge on any atom is -0.460 e. The van der Waals surface area contributed by atoms with E-state index >= 15 is 0 Å². The molecule has 1 aromatic carbocycles. The topological polar surface area (TPSA) is 78.6 Å². The Morgan fingerprint density at radius 1 is 1.18 bits per heavy atom. The summed E-state index contributed by atoms with van der Waals surface area (Å²) < 4.78 is 13.0. The zero-order chi connectivity index (χ0) is 24.6. The van der Waals surface area contributed by atoms with Gasteiger partial charge in [-0.15, -0.1) is 21.5 Å². The fraction of sp³-hybridized carbons (Fsp3) is 0.440. The van der Waals surface area contributed by atoms with Gasteiger partial charge in [0.25, 0.3) is 0 Å². The van der Waals surface area contributed by atoms with Gasteiger partial charge in [0.15, 0.2) is 5.82 Å². The van der Waals surface area contributed by atoms with Gasteiger partial charge in [0.1, 0.15) is 22.5 Å². The molecule has 7 nitrogen and oxygen atoms in total. The second-order valence-electron chi connectivity index (χ2n) is 9.31. The number of carbonyl (C=O) groups is 1. The summed E-state index contributed by atoms with van der Waals surface area (Å²) in [5, 5.41) is 10.6. The van der Waals surface area contributed by atoms with E-state index in [0.717, 1.165) is 33.2 Å². The van der Waals surface area contributed by atoms with Crippen LogP contribution < -0.4 is 0 Å². The number of rotatable bonds is 6. The van der Waals surface area contributed by atoms with E-state index in [1.807, 2.05) is 45.0 Å². The molecule has 180 valence electrons. The fourth-order valence-corrected chi connectivity index (χ4v) is 5.26. The fourth-order valence-electron chi connectivity index (χ4n) is 3.95. The second-order valence-corrected chi connectivity index (χ2v) is 10.9. The summed E-state index contributed by atoms with van der Waals surface area (Å²) in [5.41, 5.74) is 3.32. The lowest BCUT2D eigenvalue weighted by Gasteiger charge is -2.21. The van der Waals surface area contributed by atoms with Gasteiger partial charge >= 0.3 is 5.97 Å². The first-order valence-electron chi connectivity index (χ1n) is 11.2. The van der Waals surface area contributed by atoms with Crippen molar-refractivity contribution in [1.29, 1.82) is 0 Å². The van der Waals surface area contributed by atoms with Gasteiger partial charge in [-0.25, -0.2) is 0 Å². The summed E-state index contributed by atoms with van der Waals surface area (Å²) in [4.78, 5) is 19.2. The zero-order valence-electron chi connectivity index (χ0n) is 20.3. The summed E-state index contributed by atoms with van der Waals surface area (Å²) in [6.07, 6.45) is 0.651. The van der Waals surface area contributed by atoms with E-state index in [1.54, 1.807) is 18.4 Å². The summed E-state index contributed by atoms with van der Waals surface area (Å²) in [6.45, 7) is 10.3. The molecular formula is C25H29ClN4O3S. The van der Waals surface area contributed by atoms with Crippen LogP contribution in [-0.2, 0) is 20.7 Å². The minimum absolute atomic E-state index is 0.0593. The Hall–Kier alpha value is -2.55. The first kappa shape index (κ1) is 24.6. The van der Waals surface area contributed by atoms with Crippen molar-refractivity contribution in [3.8, 4) is 5.00 Å². The summed E-state index contributed by atoms with van der Waals surface area (Å²) in [5.74, 6) is 1.08. The standard InChI is InChI=1S/C25H29ClN4O3S/c1-14-15(2)34-24-21(14)22(16-7-9-17(26)10-8-16)27-18(13-20(31)33-25(3,4)5)23-29-28-19(30(23)24)11-12-32-6/h7-10,18H,11-13H2,1-6H3/t18-/m0/s1. The SMILES string of the molecule is COCCc1nnc2n1-c1sc(C)c(C)c1C(c1ccc(Cl)cc1)=N[C@H]2CC(=O)OC(C)(C)C. The average Bonchev–Trinajstić information content (AvgIpc) is 3.26. The quantitative estimate of drug-likeness (QED) is 0.423. The van der Waals surface area contributed by atoms with Crippen LogP contribution in [-0.4, -0.2) is 45.8 Å². The highest BCUT2D eigenvalue weighted by Crippen LogP contribution is 2.40. The molecule has 3 heterocycles. The van der Waals surface area contributed by atoms with E-state index in [1.165, 1.54) is 4.88 Å². The molecule has 0 saturated carbocycles. The number of aliphatic imine (C=N–C) groups is 1. The van der Waals surface area contributed by atoms with Crippen LogP contribution in [0.3, 0.4) is 0 Å². The number of aromatic nitrogens is 3. The van der Waals surface area contributed by atoms with Gasteiger partial charge in [-0.1, -0.05) is 23.7 Å². The lowest BCUT2D eigenvalue weighted by Crippen LogP contribution is -2.25. The van der Waals surface area contributed by atoms with Gasteiger partial charge in [0.2, 0.25) is 0 Å². The highest BCUT2D eigenvalue weighted by Gasteiger charge is 2.34. The predicted octanol–water partition coefficient (Wildman–Crippen LogP) is 5.41. The molecule has 0 saturated heterocycles. The number of carbonyl (C=O) groups excluding carboxylic acids is 1. The molecule has 0 spiro atoms. The van der Waals surface area contributed by atoms with E-state index in [9.17, 15) is 4.79 Å². The molecule has 0 radical (unpaired) electrons. The number of hydrogen-bond donors (Lipinski definition) is 0. The molecule has 1 atom stereocenters. The van der Waals surface area contributed by atoms with Crippen LogP contribution in [0.1, 0.15) is 66.5 Å². The average molecular weight is 501 g/mol. The number of thiophene rings is 1. The molecule has 1 aliphatic rings. The number of ether oxygens (including phenoxy) is 2. The van der Waals surface area contributed by atoms with Crippen molar-refractivity contribution in [2.45, 2.75) is 59.1 Å². The third kappa shape index (κ3) is 4.94. The van der Waals surface area contributed by atoms with Gasteiger partial charge in [0.05, 0.1) is 18.7 Å². The third-order valence-electron chi connectivity index (χ3n) is 5.57. The normalized spacial score (nSPS) is 15.4. The lowest BCUT2D eigenvalue weighted by atomic mass is 9.99. The Kier molecular flexibility index (Phi) is 6.94. The largest absolute Gasteiger partial charge is 0.460 e. The van der Waals surface area contributed by atoms with Crippen LogP contribution >= 0.6 is 22.9 Å². The van der Waals surface area contributed by atoms with Gasteiger partial charge in [0, 0.05) is 34.6 Å². The van der Waals surface area contributed by atoms with E-state index < -0.39 is 11.6 Å². The Bertz CT molecular complexity index is 1240. The molecule has 2 aromatic heterocycles. The maximum absolute atomic E-state index is 12.9. The molecule has 0 bridgehead atoms. The summed E-state index contributed by atoms with van der Waals surface area (Å²) in [6, 6.07) is 7.07. The predicted molar refractivity (Wildman–Crippen MR) is 135 cm³/mol. The van der Waals surface area contributed by atoms with Gasteiger partial charge in [-0.3, -0.25) is 14.4 Å². The van der Waals surface area contributed by atoms with Crippen molar-refractivity contribution in [3.63, 3.8) is 0 Å². The van der Waals surface area contributed by atoms with Crippen molar-refractivity contribution in [1.82, 2.24) is 14.8 Å². The zero-order valence-corrected chi connectivity index (χ0v) is 21.9. The molecule has 0 amide bonds. The lowest BCUT2D eigenvalue weighted by molar-refractivity contribution is -0.155. The number of fused-ring (bicyclic) bond motifs is 3. The van der Waals surface area contributed by atoms with Crippen molar-refractivity contribution < 1.29 is 14.3 Å². The Morgan fingerprint density at radius 2 is 1.88 bits per heavy atom. The number of aryl methyl sites for hydroxylation is 1. The highest BCUT2D eigenvalue weighted by atomic mass is 35.5. The van der Waals surface area contributed by atoms with Crippen LogP contribution in [0, 0.1) is 13.8 Å². The molecule has 34 heavy (non-hydrogen) atoms. The monoisotopic (exact) mass is 500 g/mol. The van der Waals surface area contributed by atoms with Gasteiger partial charge in [-0.2, -0.15) is 0 Å². The number of nitrogens with zero attached hydrogens (tertiary/aromatic N) is 4. The summed E-state index contributed by atoms with van der Waals surface area (Å²) in [7, 11) is 1.66. The van der Waals surface area contributed by atoms with Crippen LogP contribution in [0.5, 0.6) is 0 Å². The second kappa shape index (κ2) is 9.60. The third-order valence-corrected chi connectivity index (χ3v) is 7.02. The first-order valence-corrected chi connectivity index (χ1v) is 12.4. The highest BCUT2D eigenvalue weighted by molar-refractivity contribution is 7.15. The maximum Gasteiger partial charge on any atom is 0.308 e. The molecule has 0 N–H and O–H groups in total. The molecule has 1 aliphatic heterocycles. The Labute approximate surface area is 208 Å². The van der Waals surface area contributed by atoms with Crippen molar-refractivity contribution >= 4 is 34.6 Å². The smallest absolute Gasteiger partial charge is 0.308 e. The Morgan fingerprint density at radius 3 is 2.53 bits per heavy atom. The molecule has 3 aromatic rings. The van der Waals surface area contributed by atoms with Crippen LogP contribution in [0.2, 0.25) is 5.02 Å². The van der Waals surface area contributed by atoms with Crippen LogP contribution in [0.25, 0.3) is 5.00 Å². The van der Waals surface area contributed by atoms with Gasteiger partial charge in [-0.05, 0) is 52.3 Å². The summed E-state index contributed by atoms with van der Waals surface area (Å²) >= 11 is 7.85.